The van der Waals surface area contributed by atoms with E-state index in [1.54, 1.807) is 31.5 Å². The lowest BCUT2D eigenvalue weighted by Crippen LogP contribution is -2.52. The Kier molecular flexibility index (Phi) is 7.03. The predicted molar refractivity (Wildman–Crippen MR) is 108 cm³/mol. The van der Waals surface area contributed by atoms with Gasteiger partial charge in [-0.15, -0.1) is 0 Å². The summed E-state index contributed by atoms with van der Waals surface area (Å²) >= 11 is 0. The standard InChI is InChI=1S/C20H28N2O5S/c1-13(2)9-10-22(19(14(3)4)20(24)21-25)28(26,27)18-8-6-15-5-7-17(23)11-16(15)12-18/h5-8,11-14,19,23,25H,9-10H2,1-4H3,(H,21,24)/t19-/m1/s1. The van der Waals surface area contributed by atoms with Crippen molar-refractivity contribution in [3.8, 4) is 5.75 Å². The molecule has 2 aromatic rings. The molecule has 0 heterocycles. The smallest absolute Gasteiger partial charge is 0.262 e. The average molecular weight is 409 g/mol. The first-order valence-corrected chi connectivity index (χ1v) is 10.7. The summed E-state index contributed by atoms with van der Waals surface area (Å²) in [6.07, 6.45) is 0.565. The van der Waals surface area contributed by atoms with E-state index in [9.17, 15) is 18.3 Å². The average Bonchev–Trinajstić information content (AvgIpc) is 2.63. The van der Waals surface area contributed by atoms with Crippen LogP contribution < -0.4 is 5.48 Å². The fourth-order valence-electron chi connectivity index (χ4n) is 3.13. The number of hydrogen-bond donors (Lipinski definition) is 3. The Morgan fingerprint density at radius 3 is 2.29 bits per heavy atom. The zero-order valence-electron chi connectivity index (χ0n) is 16.6. The highest BCUT2D eigenvalue weighted by Gasteiger charge is 2.37. The summed E-state index contributed by atoms with van der Waals surface area (Å²) in [5.74, 6) is -0.839. The first kappa shape index (κ1) is 22.1. The van der Waals surface area contributed by atoms with Gasteiger partial charge in [0, 0.05) is 6.54 Å². The van der Waals surface area contributed by atoms with Crippen LogP contribution in [0.3, 0.4) is 0 Å². The van der Waals surface area contributed by atoms with Crippen molar-refractivity contribution in [2.24, 2.45) is 11.8 Å². The van der Waals surface area contributed by atoms with E-state index >= 15 is 0 Å². The van der Waals surface area contributed by atoms with Crippen LogP contribution >= 0.6 is 0 Å². The minimum Gasteiger partial charge on any atom is -0.508 e. The number of sulfonamides is 1. The highest BCUT2D eigenvalue weighted by atomic mass is 32.2. The molecule has 0 aromatic heterocycles. The molecule has 0 saturated carbocycles. The number of hydroxylamine groups is 1. The molecule has 7 nitrogen and oxygen atoms in total. The number of benzene rings is 2. The number of rotatable bonds is 8. The monoisotopic (exact) mass is 408 g/mol. The Morgan fingerprint density at radius 2 is 1.71 bits per heavy atom. The van der Waals surface area contributed by atoms with Gasteiger partial charge in [0.05, 0.1) is 4.90 Å². The number of fused-ring (bicyclic) bond motifs is 1. The summed E-state index contributed by atoms with van der Waals surface area (Å²) in [4.78, 5) is 12.3. The van der Waals surface area contributed by atoms with Crippen LogP contribution in [0.2, 0.25) is 0 Å². The third kappa shape index (κ3) is 4.81. The van der Waals surface area contributed by atoms with Gasteiger partial charge in [0.25, 0.3) is 5.91 Å². The second-order valence-electron chi connectivity index (χ2n) is 7.66. The molecule has 0 aliphatic carbocycles. The Labute approximate surface area is 166 Å². The fourth-order valence-corrected chi connectivity index (χ4v) is 4.91. The normalized spacial score (nSPS) is 13.4. The Morgan fingerprint density at radius 1 is 1.07 bits per heavy atom. The number of nitrogens with one attached hydrogen (secondary N) is 1. The SMILES string of the molecule is CC(C)CCN([C@@H](C(=O)NO)C(C)C)S(=O)(=O)c1ccc2ccc(O)cc2c1. The van der Waals surface area contributed by atoms with E-state index in [1.807, 2.05) is 13.8 Å². The van der Waals surface area contributed by atoms with Gasteiger partial charge in [-0.05, 0) is 53.3 Å². The molecule has 28 heavy (non-hydrogen) atoms. The molecule has 2 aromatic carbocycles. The molecular formula is C20H28N2O5S. The number of phenols is 1. The number of carbonyl (C=O) groups excluding carboxylic acids is 1. The van der Waals surface area contributed by atoms with E-state index in [2.05, 4.69) is 0 Å². The molecular weight excluding hydrogens is 380 g/mol. The second kappa shape index (κ2) is 8.89. The van der Waals surface area contributed by atoms with Gasteiger partial charge >= 0.3 is 0 Å². The molecule has 0 unspecified atom stereocenters. The van der Waals surface area contributed by atoms with Crippen molar-refractivity contribution in [3.63, 3.8) is 0 Å². The molecule has 1 amide bonds. The van der Waals surface area contributed by atoms with E-state index in [-0.39, 0.29) is 29.0 Å². The largest absolute Gasteiger partial charge is 0.508 e. The lowest BCUT2D eigenvalue weighted by Gasteiger charge is -2.32. The molecule has 0 radical (unpaired) electrons. The molecule has 2 rings (SSSR count). The van der Waals surface area contributed by atoms with Crippen molar-refractivity contribution in [1.82, 2.24) is 9.79 Å². The lowest BCUT2D eigenvalue weighted by molar-refractivity contribution is -0.134. The minimum absolute atomic E-state index is 0.0331. The highest BCUT2D eigenvalue weighted by Crippen LogP contribution is 2.28. The number of hydrogen-bond acceptors (Lipinski definition) is 5. The molecule has 0 spiro atoms. The zero-order chi connectivity index (χ0) is 21.1. The molecule has 3 N–H and O–H groups in total. The van der Waals surface area contributed by atoms with Crippen LogP contribution in [0, 0.1) is 11.8 Å². The van der Waals surface area contributed by atoms with Gasteiger partial charge in [-0.25, -0.2) is 13.9 Å². The van der Waals surface area contributed by atoms with Gasteiger partial charge in [0.2, 0.25) is 10.0 Å². The maximum absolute atomic E-state index is 13.4. The lowest BCUT2D eigenvalue weighted by atomic mass is 10.0. The Hall–Kier alpha value is -2.16. The summed E-state index contributed by atoms with van der Waals surface area (Å²) in [5.41, 5.74) is 1.60. The number of amides is 1. The van der Waals surface area contributed by atoms with Crippen LogP contribution in [0.25, 0.3) is 10.8 Å². The first-order chi connectivity index (χ1) is 13.1. The molecule has 8 heteroatoms. The van der Waals surface area contributed by atoms with Crippen molar-refractivity contribution >= 4 is 26.7 Å². The van der Waals surface area contributed by atoms with Crippen LogP contribution in [0.1, 0.15) is 34.1 Å². The summed E-state index contributed by atoms with van der Waals surface area (Å²) < 4.78 is 28.0. The highest BCUT2D eigenvalue weighted by molar-refractivity contribution is 7.89. The van der Waals surface area contributed by atoms with Gasteiger partial charge in [-0.1, -0.05) is 39.8 Å². The third-order valence-corrected chi connectivity index (χ3v) is 6.53. The van der Waals surface area contributed by atoms with E-state index in [4.69, 9.17) is 5.21 Å². The second-order valence-corrected chi connectivity index (χ2v) is 9.55. The fraction of sp³-hybridized carbons (Fsp3) is 0.450. The molecule has 0 saturated heterocycles. The number of phenolic OH excluding ortho intramolecular Hbond substituents is 1. The van der Waals surface area contributed by atoms with Crippen LogP contribution in [0.15, 0.2) is 41.3 Å². The number of carbonyl (C=O) groups is 1. The number of nitrogens with zero attached hydrogens (tertiary/aromatic N) is 1. The van der Waals surface area contributed by atoms with Crippen molar-refractivity contribution in [1.29, 1.82) is 0 Å². The van der Waals surface area contributed by atoms with Crippen molar-refractivity contribution in [2.45, 2.75) is 45.1 Å². The van der Waals surface area contributed by atoms with Crippen LogP contribution in [-0.4, -0.2) is 41.5 Å². The van der Waals surface area contributed by atoms with Gasteiger partial charge in [-0.2, -0.15) is 4.31 Å². The molecule has 0 fully saturated rings. The molecule has 0 aliphatic heterocycles. The summed E-state index contributed by atoms with van der Waals surface area (Å²) in [7, 11) is -4.02. The topological polar surface area (TPSA) is 107 Å². The summed E-state index contributed by atoms with van der Waals surface area (Å²) in [6, 6.07) is 8.33. The predicted octanol–water partition coefficient (Wildman–Crippen LogP) is 3.11. The van der Waals surface area contributed by atoms with Crippen LogP contribution in [-0.2, 0) is 14.8 Å². The van der Waals surface area contributed by atoms with Gasteiger partial charge in [0.1, 0.15) is 11.8 Å². The maximum atomic E-state index is 13.4. The van der Waals surface area contributed by atoms with Crippen molar-refractivity contribution in [2.75, 3.05) is 6.54 Å². The third-order valence-electron chi connectivity index (χ3n) is 4.65. The van der Waals surface area contributed by atoms with Gasteiger partial charge in [-0.3, -0.25) is 10.0 Å². The van der Waals surface area contributed by atoms with E-state index in [0.717, 1.165) is 9.69 Å². The quantitative estimate of drug-likeness (QED) is 0.460. The Balaban J connectivity index is 2.57. The van der Waals surface area contributed by atoms with E-state index < -0.39 is 22.0 Å². The molecule has 154 valence electrons. The molecule has 0 aliphatic rings. The van der Waals surface area contributed by atoms with Gasteiger partial charge in [0.15, 0.2) is 0 Å². The van der Waals surface area contributed by atoms with Crippen molar-refractivity contribution < 1.29 is 23.5 Å². The zero-order valence-corrected chi connectivity index (χ0v) is 17.4. The summed E-state index contributed by atoms with van der Waals surface area (Å²) in [6.45, 7) is 7.56. The van der Waals surface area contributed by atoms with Gasteiger partial charge < -0.3 is 5.11 Å². The summed E-state index contributed by atoms with van der Waals surface area (Å²) in [5, 5.41) is 20.2. The maximum Gasteiger partial charge on any atom is 0.262 e. The first-order valence-electron chi connectivity index (χ1n) is 9.26. The minimum atomic E-state index is -4.02. The van der Waals surface area contributed by atoms with E-state index in [1.165, 1.54) is 24.3 Å². The molecule has 0 bridgehead atoms. The van der Waals surface area contributed by atoms with Crippen molar-refractivity contribution in [3.05, 3.63) is 36.4 Å². The Bertz CT molecular complexity index is 941. The number of aromatic hydroxyl groups is 1. The van der Waals surface area contributed by atoms with E-state index in [0.29, 0.717) is 11.8 Å². The van der Waals surface area contributed by atoms with Crippen LogP contribution in [0.4, 0.5) is 0 Å². The molecule has 1 atom stereocenters. The van der Waals surface area contributed by atoms with Crippen LogP contribution in [0.5, 0.6) is 5.75 Å².